The van der Waals surface area contributed by atoms with E-state index in [0.29, 0.717) is 28.4 Å². The monoisotopic (exact) mass is 537 g/mol. The van der Waals surface area contributed by atoms with Gasteiger partial charge >= 0.3 is 11.6 Å². The first-order chi connectivity index (χ1) is 18.3. The van der Waals surface area contributed by atoms with Crippen LogP contribution < -0.4 is 15.1 Å². The number of esters is 1. The van der Waals surface area contributed by atoms with E-state index in [-0.39, 0.29) is 36.3 Å². The van der Waals surface area contributed by atoms with Crippen molar-refractivity contribution in [3.05, 3.63) is 81.9 Å². The van der Waals surface area contributed by atoms with Crippen molar-refractivity contribution in [2.24, 2.45) is 0 Å². The minimum Gasteiger partial charge on any atom is -0.497 e. The van der Waals surface area contributed by atoms with Gasteiger partial charge in [0.1, 0.15) is 41.4 Å². The number of hydrogen-bond donors (Lipinski definition) is 0. The van der Waals surface area contributed by atoms with Crippen LogP contribution in [0.5, 0.6) is 11.5 Å². The Kier molecular flexibility index (Phi) is 7.44. The summed E-state index contributed by atoms with van der Waals surface area (Å²) in [7, 11) is 1.58. The summed E-state index contributed by atoms with van der Waals surface area (Å²) in [6.07, 6.45) is -0.742. The molecule has 3 heterocycles. The number of hydrogen-bond acceptors (Lipinski definition) is 9. The molecule has 2 aliphatic rings. The molecule has 2 atom stereocenters. The van der Waals surface area contributed by atoms with E-state index in [4.69, 9.17) is 23.4 Å². The molecule has 0 bridgehead atoms. The van der Waals surface area contributed by atoms with Gasteiger partial charge in [-0.25, -0.2) is 9.59 Å². The van der Waals surface area contributed by atoms with Gasteiger partial charge in [0.25, 0.3) is 5.91 Å². The van der Waals surface area contributed by atoms with E-state index < -0.39 is 17.7 Å². The average molecular weight is 538 g/mol. The molecule has 0 saturated carbocycles. The Morgan fingerprint density at radius 2 is 1.79 bits per heavy atom. The summed E-state index contributed by atoms with van der Waals surface area (Å²) in [6, 6.07) is 15.4. The third kappa shape index (κ3) is 5.27. The van der Waals surface area contributed by atoms with Gasteiger partial charge in [-0.05, 0) is 49.7 Å². The maximum Gasteiger partial charge on any atom is 0.355 e. The average Bonchev–Trinajstić information content (AvgIpc) is 2.92. The molecule has 198 valence electrons. The van der Waals surface area contributed by atoms with Crippen LogP contribution in [0.2, 0.25) is 0 Å². The Morgan fingerprint density at radius 3 is 2.53 bits per heavy atom. The second kappa shape index (κ2) is 10.9. The number of rotatable bonds is 9. The number of amides is 1. The number of thioether (sulfide) groups is 1. The predicted molar refractivity (Wildman–Crippen MR) is 141 cm³/mol. The zero-order chi connectivity index (χ0) is 26.8. The summed E-state index contributed by atoms with van der Waals surface area (Å²) in [5.41, 5.74) is 1.53. The van der Waals surface area contributed by atoms with E-state index in [2.05, 4.69) is 0 Å². The minimum atomic E-state index is -0.616. The zero-order valence-electron chi connectivity index (χ0n) is 21.2. The topological polar surface area (TPSA) is 105 Å². The number of carbonyl (C=O) groups is 2. The molecule has 5 rings (SSSR count). The van der Waals surface area contributed by atoms with E-state index >= 15 is 0 Å². The minimum absolute atomic E-state index is 0.0376. The molecule has 0 aliphatic carbocycles. The van der Waals surface area contributed by atoms with Gasteiger partial charge in [-0.2, -0.15) is 0 Å². The number of β-lactam (4-membered cyclic amide) rings is 1. The van der Waals surface area contributed by atoms with Crippen molar-refractivity contribution in [3.63, 3.8) is 0 Å². The van der Waals surface area contributed by atoms with Crippen LogP contribution in [-0.2, 0) is 25.7 Å². The van der Waals surface area contributed by atoms with Gasteiger partial charge in [0.2, 0.25) is 0 Å². The van der Waals surface area contributed by atoms with Crippen molar-refractivity contribution >= 4 is 34.6 Å². The van der Waals surface area contributed by atoms with Gasteiger partial charge in [-0.1, -0.05) is 12.1 Å². The van der Waals surface area contributed by atoms with E-state index in [1.807, 2.05) is 26.0 Å². The van der Waals surface area contributed by atoms with Gasteiger partial charge in [0.15, 0.2) is 6.10 Å². The van der Waals surface area contributed by atoms with Crippen molar-refractivity contribution in [1.82, 2.24) is 4.90 Å². The molecule has 1 aromatic heterocycles. The largest absolute Gasteiger partial charge is 0.497 e. The first kappa shape index (κ1) is 25.9. The predicted octanol–water partition coefficient (Wildman–Crippen LogP) is 3.89. The van der Waals surface area contributed by atoms with Crippen molar-refractivity contribution in [2.75, 3.05) is 19.5 Å². The molecule has 1 amide bonds. The first-order valence-corrected chi connectivity index (χ1v) is 13.2. The lowest BCUT2D eigenvalue weighted by atomic mass is 10.0. The molecule has 3 aromatic rings. The number of fused-ring (bicyclic) bond motifs is 2. The molecule has 2 aromatic carbocycles. The summed E-state index contributed by atoms with van der Waals surface area (Å²) in [5.74, 6) is 0.739. The third-order valence-corrected chi connectivity index (χ3v) is 7.46. The second-order valence-electron chi connectivity index (χ2n) is 9.13. The van der Waals surface area contributed by atoms with Crippen LogP contribution >= 0.6 is 11.8 Å². The van der Waals surface area contributed by atoms with Crippen LogP contribution in [0.4, 0.5) is 0 Å². The Morgan fingerprint density at radius 1 is 1.05 bits per heavy atom. The zero-order valence-corrected chi connectivity index (χ0v) is 22.0. The quantitative estimate of drug-likeness (QED) is 0.228. The highest BCUT2D eigenvalue weighted by Gasteiger charge is 2.55. The lowest BCUT2D eigenvalue weighted by Gasteiger charge is -2.49. The van der Waals surface area contributed by atoms with Crippen LogP contribution in [0.15, 0.2) is 75.1 Å². The molecule has 1 fully saturated rings. The second-order valence-corrected chi connectivity index (χ2v) is 10.2. The molecule has 0 N–H and O–H groups in total. The number of methoxy groups -OCH3 is 1. The molecular weight excluding hydrogens is 510 g/mol. The summed E-state index contributed by atoms with van der Waals surface area (Å²) in [4.78, 5) is 39.4. The van der Waals surface area contributed by atoms with Crippen molar-refractivity contribution < 1.29 is 33.0 Å². The summed E-state index contributed by atoms with van der Waals surface area (Å²) < 4.78 is 27.8. The van der Waals surface area contributed by atoms with Crippen LogP contribution in [0.3, 0.4) is 0 Å². The molecule has 1 saturated heterocycles. The van der Waals surface area contributed by atoms with E-state index in [9.17, 15) is 14.4 Å². The van der Waals surface area contributed by atoms with Gasteiger partial charge in [0.05, 0.1) is 13.2 Å². The van der Waals surface area contributed by atoms with Crippen LogP contribution in [0.25, 0.3) is 11.0 Å². The maximum atomic E-state index is 13.3. The molecule has 0 spiro atoms. The van der Waals surface area contributed by atoms with Crippen LogP contribution in [0.1, 0.15) is 19.4 Å². The van der Waals surface area contributed by atoms with Crippen molar-refractivity contribution in [2.45, 2.75) is 38.0 Å². The molecule has 2 aliphatic heterocycles. The lowest BCUT2D eigenvalue weighted by molar-refractivity contribution is -0.170. The van der Waals surface area contributed by atoms with E-state index in [0.717, 1.165) is 10.9 Å². The molecule has 0 radical (unpaired) electrons. The first-order valence-electron chi connectivity index (χ1n) is 12.1. The fourth-order valence-corrected chi connectivity index (χ4v) is 5.58. The van der Waals surface area contributed by atoms with Gasteiger partial charge in [-0.15, -0.1) is 11.8 Å². The van der Waals surface area contributed by atoms with E-state index in [1.54, 1.807) is 43.5 Å². The van der Waals surface area contributed by atoms with Crippen molar-refractivity contribution in [3.8, 4) is 11.5 Å². The number of nitrogens with zero attached hydrogens (tertiary/aromatic N) is 1. The number of ether oxygens (including phenoxy) is 4. The van der Waals surface area contributed by atoms with E-state index in [1.165, 1.54) is 22.7 Å². The highest BCUT2D eigenvalue weighted by Crippen LogP contribution is 2.42. The highest BCUT2D eigenvalue weighted by atomic mass is 32.2. The molecular formula is C28H27NO8S. The Hall–Kier alpha value is -3.76. The lowest BCUT2D eigenvalue weighted by Crippen LogP contribution is -2.66. The molecule has 38 heavy (non-hydrogen) atoms. The normalized spacial score (nSPS) is 18.8. The Balaban J connectivity index is 1.37. The number of benzene rings is 2. The fraction of sp³-hybridized carbons (Fsp3) is 0.321. The van der Waals surface area contributed by atoms with Gasteiger partial charge in [0, 0.05) is 28.8 Å². The van der Waals surface area contributed by atoms with Crippen LogP contribution in [0, 0.1) is 0 Å². The Labute approximate surface area is 223 Å². The molecule has 0 unspecified atom stereocenters. The Bertz CT molecular complexity index is 1450. The van der Waals surface area contributed by atoms with Gasteiger partial charge in [-0.3, -0.25) is 9.69 Å². The maximum absolute atomic E-state index is 13.3. The van der Waals surface area contributed by atoms with Crippen molar-refractivity contribution in [1.29, 1.82) is 0 Å². The fourth-order valence-electron chi connectivity index (χ4n) is 4.27. The van der Waals surface area contributed by atoms with Crippen LogP contribution in [-0.4, -0.2) is 53.8 Å². The highest BCUT2D eigenvalue weighted by molar-refractivity contribution is 8.00. The smallest absolute Gasteiger partial charge is 0.355 e. The SMILES string of the molecule is COc1ccc(COC(=O)C2=C(COc3ccc4ccc(=O)oc4c3)CS[C@@H]3[C@@H](OC(C)C)C(=O)N23)cc1. The summed E-state index contributed by atoms with van der Waals surface area (Å²) >= 11 is 1.51. The summed E-state index contributed by atoms with van der Waals surface area (Å²) in [5, 5.41) is 0.449. The molecule has 9 nitrogen and oxygen atoms in total. The standard InChI is InChI=1S/C28H27NO8S/c1-16(2)36-25-26(31)29-24(28(32)35-13-17-4-8-20(33-3)9-5-17)19(15-38-27(25)29)14-34-21-10-6-18-7-11-23(30)37-22(18)12-21/h4-12,16,25,27H,13-15H2,1-3H3/t25-,27+/m0/s1. The molecule has 10 heteroatoms. The summed E-state index contributed by atoms with van der Waals surface area (Å²) in [6.45, 7) is 3.83. The number of carbonyl (C=O) groups excluding carboxylic acids is 2. The van der Waals surface area contributed by atoms with Gasteiger partial charge < -0.3 is 23.4 Å². The third-order valence-electron chi connectivity index (χ3n) is 6.15.